The van der Waals surface area contributed by atoms with Crippen molar-refractivity contribution in [2.75, 3.05) is 19.5 Å². The minimum absolute atomic E-state index is 0.191. The number of rotatable bonds is 8. The van der Waals surface area contributed by atoms with Crippen LogP contribution in [0.15, 0.2) is 29.4 Å². The Kier molecular flexibility index (Phi) is 6.74. The highest BCUT2D eigenvalue weighted by atomic mass is 35.5. The summed E-state index contributed by atoms with van der Waals surface area (Å²) < 4.78 is 12.5. The third-order valence-corrected chi connectivity index (χ3v) is 5.01. The number of thioether (sulfide) groups is 1. The number of nitrogens with zero attached hydrogens (tertiary/aromatic N) is 4. The molecule has 0 unspecified atom stereocenters. The van der Waals surface area contributed by atoms with Gasteiger partial charge in [0.25, 0.3) is 5.78 Å². The van der Waals surface area contributed by atoms with Gasteiger partial charge in [-0.3, -0.25) is 4.79 Å². The van der Waals surface area contributed by atoms with Crippen LogP contribution in [-0.2, 0) is 16.0 Å². The van der Waals surface area contributed by atoms with E-state index < -0.39 is 0 Å². The minimum Gasteiger partial charge on any atom is -0.490 e. The van der Waals surface area contributed by atoms with Gasteiger partial charge >= 0.3 is 5.97 Å². The lowest BCUT2D eigenvalue weighted by molar-refractivity contribution is -0.144. The molecule has 0 saturated carbocycles. The Morgan fingerprint density at radius 1 is 1.18 bits per heavy atom. The topological polar surface area (TPSA) is 78.6 Å². The number of halogens is 1. The van der Waals surface area contributed by atoms with Crippen molar-refractivity contribution in [3.8, 4) is 5.75 Å². The average Bonchev–Trinajstić information content (AvgIpc) is 3.10. The SMILES string of the molecule is CSc1nc2nc(C)c(CCC(=O)OCCOc3ccc(Cl)cc3)c(C)n2n1. The van der Waals surface area contributed by atoms with Crippen LogP contribution >= 0.6 is 23.4 Å². The van der Waals surface area contributed by atoms with Gasteiger partial charge in [0.15, 0.2) is 0 Å². The van der Waals surface area contributed by atoms with Gasteiger partial charge in [0.1, 0.15) is 19.0 Å². The fourth-order valence-corrected chi connectivity index (χ4v) is 3.25. The van der Waals surface area contributed by atoms with E-state index in [1.807, 2.05) is 20.1 Å². The second-order valence-electron chi connectivity index (χ2n) is 6.09. The molecule has 148 valence electrons. The molecule has 0 aliphatic carbocycles. The van der Waals surface area contributed by atoms with E-state index in [1.54, 1.807) is 28.8 Å². The third kappa shape index (κ3) is 4.94. The summed E-state index contributed by atoms with van der Waals surface area (Å²) in [5, 5.41) is 5.74. The molecule has 0 atom stereocenters. The molecule has 0 N–H and O–H groups in total. The Morgan fingerprint density at radius 3 is 2.64 bits per heavy atom. The van der Waals surface area contributed by atoms with Gasteiger partial charge in [-0.25, -0.2) is 9.50 Å². The van der Waals surface area contributed by atoms with Gasteiger partial charge in [-0.05, 0) is 56.4 Å². The molecule has 3 aromatic rings. The molecule has 0 radical (unpaired) electrons. The summed E-state index contributed by atoms with van der Waals surface area (Å²) in [5.41, 5.74) is 2.78. The molecule has 7 nitrogen and oxygen atoms in total. The maximum atomic E-state index is 12.1. The molecular weight excluding hydrogens is 400 g/mol. The molecule has 0 aliphatic rings. The predicted molar refractivity (Wildman–Crippen MR) is 108 cm³/mol. The van der Waals surface area contributed by atoms with Crippen LogP contribution < -0.4 is 4.74 Å². The fourth-order valence-electron chi connectivity index (χ4n) is 2.78. The molecule has 0 amide bonds. The van der Waals surface area contributed by atoms with E-state index in [-0.39, 0.29) is 25.6 Å². The van der Waals surface area contributed by atoms with E-state index >= 15 is 0 Å². The first-order valence-corrected chi connectivity index (χ1v) is 10.4. The average molecular weight is 421 g/mol. The first-order chi connectivity index (χ1) is 13.5. The van der Waals surface area contributed by atoms with Crippen molar-refractivity contribution in [3.05, 3.63) is 46.2 Å². The molecule has 0 spiro atoms. The van der Waals surface area contributed by atoms with E-state index in [0.717, 1.165) is 17.0 Å². The van der Waals surface area contributed by atoms with E-state index in [9.17, 15) is 4.79 Å². The summed E-state index contributed by atoms with van der Waals surface area (Å²) in [6.45, 7) is 4.36. The van der Waals surface area contributed by atoms with E-state index in [4.69, 9.17) is 21.1 Å². The number of benzene rings is 1. The number of esters is 1. The molecule has 2 aromatic heterocycles. The summed E-state index contributed by atoms with van der Waals surface area (Å²) in [4.78, 5) is 20.9. The van der Waals surface area contributed by atoms with Crippen LogP contribution in [0.25, 0.3) is 5.78 Å². The van der Waals surface area contributed by atoms with Gasteiger partial charge in [-0.1, -0.05) is 23.4 Å². The molecule has 0 aliphatic heterocycles. The molecule has 1 aromatic carbocycles. The lowest BCUT2D eigenvalue weighted by atomic mass is 10.1. The first-order valence-electron chi connectivity index (χ1n) is 8.78. The molecule has 2 heterocycles. The van der Waals surface area contributed by atoms with E-state index in [1.165, 1.54) is 11.8 Å². The second-order valence-corrected chi connectivity index (χ2v) is 7.30. The standard InChI is InChI=1S/C19H21ClN4O3S/c1-12-16(13(2)24-18(21-12)22-19(23-24)28-3)8-9-17(25)27-11-10-26-15-6-4-14(20)5-7-15/h4-7H,8-11H2,1-3H3. The highest BCUT2D eigenvalue weighted by Gasteiger charge is 2.14. The van der Waals surface area contributed by atoms with Crippen LogP contribution in [0.4, 0.5) is 0 Å². The van der Waals surface area contributed by atoms with Crippen molar-refractivity contribution in [3.63, 3.8) is 0 Å². The normalized spacial score (nSPS) is 11.0. The number of ether oxygens (including phenoxy) is 2. The van der Waals surface area contributed by atoms with E-state index in [0.29, 0.717) is 28.1 Å². The van der Waals surface area contributed by atoms with Gasteiger partial charge in [-0.15, -0.1) is 5.10 Å². The van der Waals surface area contributed by atoms with Gasteiger partial charge in [0.05, 0.1) is 0 Å². The summed E-state index contributed by atoms with van der Waals surface area (Å²) in [6, 6.07) is 7.03. The lowest BCUT2D eigenvalue weighted by Crippen LogP contribution is -2.14. The number of carbonyl (C=O) groups excluding carboxylic acids is 1. The Balaban J connectivity index is 1.50. The molecule has 3 rings (SSSR count). The number of aromatic nitrogens is 4. The van der Waals surface area contributed by atoms with Crippen molar-refractivity contribution < 1.29 is 14.3 Å². The number of hydrogen-bond donors (Lipinski definition) is 0. The summed E-state index contributed by atoms with van der Waals surface area (Å²) in [6.07, 6.45) is 2.72. The number of carbonyl (C=O) groups is 1. The van der Waals surface area contributed by atoms with Gasteiger partial charge < -0.3 is 9.47 Å². The minimum atomic E-state index is -0.276. The van der Waals surface area contributed by atoms with Crippen LogP contribution in [0.5, 0.6) is 5.75 Å². The van der Waals surface area contributed by atoms with Crippen LogP contribution in [0.1, 0.15) is 23.4 Å². The summed E-state index contributed by atoms with van der Waals surface area (Å²) in [5.74, 6) is 0.982. The Hall–Kier alpha value is -2.32. The summed E-state index contributed by atoms with van der Waals surface area (Å²) in [7, 11) is 0. The monoisotopic (exact) mass is 420 g/mol. The van der Waals surface area contributed by atoms with Crippen LogP contribution in [0.3, 0.4) is 0 Å². The van der Waals surface area contributed by atoms with Crippen LogP contribution in [-0.4, -0.2) is 45.0 Å². The zero-order valence-corrected chi connectivity index (χ0v) is 17.5. The fraction of sp³-hybridized carbons (Fsp3) is 0.368. The number of fused-ring (bicyclic) bond motifs is 1. The van der Waals surface area contributed by atoms with Crippen molar-refractivity contribution in [1.29, 1.82) is 0 Å². The molecule has 9 heteroatoms. The van der Waals surface area contributed by atoms with Crippen LogP contribution in [0, 0.1) is 13.8 Å². The third-order valence-electron chi connectivity index (χ3n) is 4.22. The lowest BCUT2D eigenvalue weighted by Gasteiger charge is -2.10. The molecular formula is C19H21ClN4O3S. The summed E-state index contributed by atoms with van der Waals surface area (Å²) >= 11 is 7.29. The molecule has 0 fully saturated rings. The zero-order chi connectivity index (χ0) is 20.1. The molecule has 28 heavy (non-hydrogen) atoms. The maximum absolute atomic E-state index is 12.1. The molecule has 0 bridgehead atoms. The van der Waals surface area contributed by atoms with Crippen molar-refractivity contribution in [1.82, 2.24) is 19.6 Å². The largest absolute Gasteiger partial charge is 0.490 e. The Morgan fingerprint density at radius 2 is 1.93 bits per heavy atom. The predicted octanol–water partition coefficient (Wildman–Crippen LogP) is 3.67. The zero-order valence-electron chi connectivity index (χ0n) is 15.9. The Bertz CT molecular complexity index is 975. The van der Waals surface area contributed by atoms with Gasteiger partial charge in [0, 0.05) is 22.8 Å². The molecule has 0 saturated heterocycles. The van der Waals surface area contributed by atoms with Crippen molar-refractivity contribution in [2.45, 2.75) is 31.8 Å². The highest BCUT2D eigenvalue weighted by Crippen LogP contribution is 2.18. The number of hydrogen-bond acceptors (Lipinski definition) is 7. The van der Waals surface area contributed by atoms with Crippen molar-refractivity contribution >= 4 is 35.1 Å². The highest BCUT2D eigenvalue weighted by molar-refractivity contribution is 7.98. The maximum Gasteiger partial charge on any atom is 0.306 e. The quantitative estimate of drug-likeness (QED) is 0.312. The first kappa shape index (κ1) is 20.4. The van der Waals surface area contributed by atoms with E-state index in [2.05, 4.69) is 15.1 Å². The Labute approximate surface area is 172 Å². The number of aryl methyl sites for hydroxylation is 2. The smallest absolute Gasteiger partial charge is 0.306 e. The van der Waals surface area contributed by atoms with Gasteiger partial charge in [-0.2, -0.15) is 4.98 Å². The van der Waals surface area contributed by atoms with Gasteiger partial charge in [0.2, 0.25) is 5.16 Å². The second kappa shape index (κ2) is 9.25. The van der Waals surface area contributed by atoms with Crippen molar-refractivity contribution in [2.24, 2.45) is 0 Å². The van der Waals surface area contributed by atoms with Crippen LogP contribution in [0.2, 0.25) is 5.02 Å².